The normalized spacial score (nSPS) is 11.2. The highest BCUT2D eigenvalue weighted by Crippen LogP contribution is 2.25. The summed E-state index contributed by atoms with van der Waals surface area (Å²) in [5.74, 6) is 1.94. The van der Waals surface area contributed by atoms with Crippen molar-refractivity contribution >= 4 is 17.7 Å². The van der Waals surface area contributed by atoms with Crippen LogP contribution in [0.15, 0.2) is 29.4 Å². The van der Waals surface area contributed by atoms with Gasteiger partial charge in [0.15, 0.2) is 0 Å². The molecule has 0 aliphatic rings. The van der Waals surface area contributed by atoms with Gasteiger partial charge in [0.25, 0.3) is 0 Å². The van der Waals surface area contributed by atoms with Crippen LogP contribution in [-0.4, -0.2) is 57.0 Å². The van der Waals surface area contributed by atoms with Crippen molar-refractivity contribution in [3.05, 3.63) is 24.3 Å². The summed E-state index contributed by atoms with van der Waals surface area (Å²) < 4.78 is 6.98. The molecule has 0 aliphatic carbocycles. The molecule has 8 heteroatoms. The zero-order valence-electron chi connectivity index (χ0n) is 16.0. The first-order valence-electron chi connectivity index (χ1n) is 8.74. The molecule has 0 N–H and O–H groups in total. The van der Waals surface area contributed by atoms with Crippen molar-refractivity contribution in [2.75, 3.05) is 26.0 Å². The van der Waals surface area contributed by atoms with E-state index in [0.717, 1.165) is 18.8 Å². The third kappa shape index (κ3) is 5.45. The van der Waals surface area contributed by atoms with Crippen molar-refractivity contribution < 1.29 is 9.53 Å². The molecule has 1 amide bonds. The van der Waals surface area contributed by atoms with Crippen LogP contribution in [0.1, 0.15) is 27.7 Å². The van der Waals surface area contributed by atoms with E-state index in [1.165, 1.54) is 11.8 Å². The number of ether oxygens (including phenoxy) is 1. The van der Waals surface area contributed by atoms with Crippen LogP contribution in [0, 0.1) is 11.8 Å². The summed E-state index contributed by atoms with van der Waals surface area (Å²) in [6.45, 7) is 10.0. The van der Waals surface area contributed by atoms with Crippen molar-refractivity contribution in [1.82, 2.24) is 25.1 Å². The van der Waals surface area contributed by atoms with Gasteiger partial charge in [0.05, 0.1) is 12.9 Å². The number of carbonyl (C=O) groups excluding carboxylic acids is 1. The molecule has 0 fully saturated rings. The topological polar surface area (TPSA) is 73.1 Å². The molecule has 0 unspecified atom stereocenters. The number of para-hydroxylation sites is 2. The summed E-state index contributed by atoms with van der Waals surface area (Å²) >= 11 is 1.34. The second-order valence-electron chi connectivity index (χ2n) is 6.92. The summed E-state index contributed by atoms with van der Waals surface area (Å²) in [7, 11) is 1.61. The van der Waals surface area contributed by atoms with Crippen molar-refractivity contribution in [2.45, 2.75) is 32.9 Å². The van der Waals surface area contributed by atoms with Crippen molar-refractivity contribution in [3.63, 3.8) is 0 Å². The average Bonchev–Trinajstić information content (AvgIpc) is 3.06. The first kappa shape index (κ1) is 20.2. The smallest absolute Gasteiger partial charge is 0.233 e. The Morgan fingerprint density at radius 2 is 1.85 bits per heavy atom. The minimum absolute atomic E-state index is 0.104. The fraction of sp³-hybridized carbons (Fsp3) is 0.556. The van der Waals surface area contributed by atoms with E-state index in [9.17, 15) is 4.79 Å². The molecule has 0 saturated heterocycles. The van der Waals surface area contributed by atoms with E-state index in [4.69, 9.17) is 4.74 Å². The molecule has 1 aromatic heterocycles. The van der Waals surface area contributed by atoms with E-state index >= 15 is 0 Å². The zero-order chi connectivity index (χ0) is 19.1. The standard InChI is InChI=1S/C18H27N5O2S/c1-13(2)10-22(11-14(3)4)17(24)12-26-18-19-20-21-23(18)15-8-6-7-9-16(15)25-5/h6-9,13-14H,10-12H2,1-5H3. The first-order chi connectivity index (χ1) is 12.4. The van der Waals surface area contributed by atoms with Crippen LogP contribution >= 0.6 is 11.8 Å². The predicted octanol–water partition coefficient (Wildman–Crippen LogP) is 2.90. The van der Waals surface area contributed by atoms with E-state index in [0.29, 0.717) is 28.5 Å². The number of amides is 1. The average molecular weight is 378 g/mol. The molecule has 2 aromatic rings. The highest BCUT2D eigenvalue weighted by atomic mass is 32.2. The number of hydrogen-bond donors (Lipinski definition) is 0. The SMILES string of the molecule is COc1ccccc1-n1nnnc1SCC(=O)N(CC(C)C)CC(C)C. The lowest BCUT2D eigenvalue weighted by Gasteiger charge is -2.26. The van der Waals surface area contributed by atoms with E-state index in [-0.39, 0.29) is 5.91 Å². The minimum Gasteiger partial charge on any atom is -0.494 e. The third-order valence-electron chi connectivity index (χ3n) is 3.60. The number of carbonyl (C=O) groups is 1. The minimum atomic E-state index is 0.104. The van der Waals surface area contributed by atoms with Crippen molar-refractivity contribution in [2.24, 2.45) is 11.8 Å². The highest BCUT2D eigenvalue weighted by Gasteiger charge is 2.19. The van der Waals surface area contributed by atoms with Gasteiger partial charge < -0.3 is 9.64 Å². The largest absolute Gasteiger partial charge is 0.494 e. The van der Waals surface area contributed by atoms with Gasteiger partial charge in [-0.15, -0.1) is 5.10 Å². The van der Waals surface area contributed by atoms with Crippen LogP contribution in [0.2, 0.25) is 0 Å². The molecular formula is C18H27N5O2S. The third-order valence-corrected chi connectivity index (χ3v) is 4.51. The maximum atomic E-state index is 12.7. The molecule has 2 rings (SSSR count). The molecule has 7 nitrogen and oxygen atoms in total. The van der Waals surface area contributed by atoms with Gasteiger partial charge in [-0.05, 0) is 34.4 Å². The summed E-state index contributed by atoms with van der Waals surface area (Å²) in [5.41, 5.74) is 0.746. The molecule has 1 heterocycles. The van der Waals surface area contributed by atoms with Gasteiger partial charge in [-0.1, -0.05) is 51.6 Å². The molecule has 142 valence electrons. The summed E-state index contributed by atoms with van der Waals surface area (Å²) in [6.07, 6.45) is 0. The molecule has 0 bridgehead atoms. The zero-order valence-corrected chi connectivity index (χ0v) is 16.9. The second kappa shape index (κ2) is 9.56. The molecular weight excluding hydrogens is 350 g/mol. The van der Waals surface area contributed by atoms with Gasteiger partial charge in [-0.2, -0.15) is 4.68 Å². The molecule has 0 spiro atoms. The first-order valence-corrected chi connectivity index (χ1v) is 9.73. The fourth-order valence-electron chi connectivity index (χ4n) is 2.60. The summed E-state index contributed by atoms with van der Waals surface area (Å²) in [5, 5.41) is 12.4. The van der Waals surface area contributed by atoms with Crippen LogP contribution < -0.4 is 4.74 Å². The Morgan fingerprint density at radius 3 is 2.46 bits per heavy atom. The van der Waals surface area contributed by atoms with Gasteiger partial charge in [-0.25, -0.2) is 0 Å². The maximum absolute atomic E-state index is 12.7. The van der Waals surface area contributed by atoms with Crippen LogP contribution in [0.3, 0.4) is 0 Å². The molecule has 0 atom stereocenters. The van der Waals surface area contributed by atoms with Gasteiger partial charge in [0, 0.05) is 13.1 Å². The van der Waals surface area contributed by atoms with Gasteiger partial charge in [0.2, 0.25) is 11.1 Å². The van der Waals surface area contributed by atoms with E-state index in [1.807, 2.05) is 29.2 Å². The monoisotopic (exact) mass is 377 g/mol. The quantitative estimate of drug-likeness (QED) is 0.626. The fourth-order valence-corrected chi connectivity index (χ4v) is 3.39. The number of rotatable bonds is 9. The van der Waals surface area contributed by atoms with Crippen LogP contribution in [0.5, 0.6) is 5.75 Å². The molecule has 0 radical (unpaired) electrons. The summed E-state index contributed by atoms with van der Waals surface area (Å²) in [4.78, 5) is 14.6. The second-order valence-corrected chi connectivity index (χ2v) is 7.86. The number of hydrogen-bond acceptors (Lipinski definition) is 6. The highest BCUT2D eigenvalue weighted by molar-refractivity contribution is 7.99. The van der Waals surface area contributed by atoms with Gasteiger partial charge in [-0.3, -0.25) is 4.79 Å². The Bertz CT molecular complexity index is 707. The van der Waals surface area contributed by atoms with Gasteiger partial charge in [0.1, 0.15) is 11.4 Å². The number of aromatic nitrogens is 4. The molecule has 26 heavy (non-hydrogen) atoms. The van der Waals surface area contributed by atoms with E-state index in [1.54, 1.807) is 11.8 Å². The lowest BCUT2D eigenvalue weighted by Crippen LogP contribution is -2.38. The Kier molecular flexibility index (Phi) is 7.44. The number of benzene rings is 1. The molecule has 0 aliphatic heterocycles. The Morgan fingerprint density at radius 1 is 1.19 bits per heavy atom. The van der Waals surface area contributed by atoms with Crippen LogP contribution in [0.25, 0.3) is 5.69 Å². The van der Waals surface area contributed by atoms with Crippen LogP contribution in [-0.2, 0) is 4.79 Å². The van der Waals surface area contributed by atoms with E-state index in [2.05, 4.69) is 43.2 Å². The lowest BCUT2D eigenvalue weighted by atomic mass is 10.1. The van der Waals surface area contributed by atoms with E-state index < -0.39 is 0 Å². The molecule has 0 saturated carbocycles. The van der Waals surface area contributed by atoms with Gasteiger partial charge >= 0.3 is 0 Å². The number of tetrazole rings is 1. The van der Waals surface area contributed by atoms with Crippen molar-refractivity contribution in [3.8, 4) is 11.4 Å². The Balaban J connectivity index is 2.10. The predicted molar refractivity (Wildman–Crippen MR) is 103 cm³/mol. The Labute approximate surface area is 159 Å². The number of methoxy groups -OCH3 is 1. The lowest BCUT2D eigenvalue weighted by molar-refractivity contribution is -0.129. The maximum Gasteiger partial charge on any atom is 0.233 e. The number of thioether (sulfide) groups is 1. The van der Waals surface area contributed by atoms with Crippen LogP contribution in [0.4, 0.5) is 0 Å². The van der Waals surface area contributed by atoms with Crippen molar-refractivity contribution in [1.29, 1.82) is 0 Å². The number of nitrogens with zero attached hydrogens (tertiary/aromatic N) is 5. The molecule has 1 aromatic carbocycles. The Hall–Kier alpha value is -2.09. The summed E-state index contributed by atoms with van der Waals surface area (Å²) in [6, 6.07) is 7.51.